The van der Waals surface area contributed by atoms with Crippen LogP contribution < -0.4 is 11.1 Å². The molecule has 3 heteroatoms. The number of nitrogens with two attached hydrogens (primary N) is 1. The van der Waals surface area contributed by atoms with Crippen LogP contribution >= 0.6 is 0 Å². The number of nitrogen functional groups attached to an aromatic ring is 1. The van der Waals surface area contributed by atoms with Gasteiger partial charge in [0.15, 0.2) is 0 Å². The van der Waals surface area contributed by atoms with Gasteiger partial charge >= 0.3 is 0 Å². The third-order valence-corrected chi connectivity index (χ3v) is 3.88. The minimum absolute atomic E-state index is 0.00565. The van der Waals surface area contributed by atoms with Crippen LogP contribution in [0, 0.1) is 19.8 Å². The molecule has 1 aliphatic carbocycles. The number of nitrogens with one attached hydrogen (secondary N) is 1. The van der Waals surface area contributed by atoms with Gasteiger partial charge in [-0.25, -0.2) is 0 Å². The van der Waals surface area contributed by atoms with E-state index in [1.165, 1.54) is 25.7 Å². The Kier molecular flexibility index (Phi) is 3.90. The molecule has 1 aromatic rings. The van der Waals surface area contributed by atoms with Crippen molar-refractivity contribution in [3.63, 3.8) is 0 Å². The molecule has 1 fully saturated rings. The molecule has 0 spiro atoms. The van der Waals surface area contributed by atoms with E-state index in [1.807, 2.05) is 19.9 Å². The highest BCUT2D eigenvalue weighted by molar-refractivity contribution is 5.96. The highest BCUT2D eigenvalue weighted by Gasteiger charge is 2.17. The average Bonchev–Trinajstić information content (AvgIpc) is 2.84. The minimum Gasteiger partial charge on any atom is -0.398 e. The van der Waals surface area contributed by atoms with Gasteiger partial charge in [0, 0.05) is 17.8 Å². The van der Waals surface area contributed by atoms with Crippen molar-refractivity contribution in [1.82, 2.24) is 5.32 Å². The molecule has 0 aliphatic heterocycles. The Hall–Kier alpha value is -1.51. The van der Waals surface area contributed by atoms with E-state index in [0.29, 0.717) is 17.2 Å². The SMILES string of the molecule is Cc1cc(C)c(C(=O)NCC2CCCC2)cc1N. The molecule has 3 nitrogen and oxygen atoms in total. The number of carbonyl (C=O) groups is 1. The zero-order valence-corrected chi connectivity index (χ0v) is 11.3. The number of aryl methyl sites for hydroxylation is 2. The summed E-state index contributed by atoms with van der Waals surface area (Å²) in [4.78, 5) is 12.1. The first-order valence-electron chi connectivity index (χ1n) is 6.73. The molecule has 0 heterocycles. The normalized spacial score (nSPS) is 15.9. The molecule has 98 valence electrons. The second-order valence-corrected chi connectivity index (χ2v) is 5.38. The van der Waals surface area contributed by atoms with E-state index in [4.69, 9.17) is 5.73 Å². The predicted molar refractivity (Wildman–Crippen MR) is 74.6 cm³/mol. The predicted octanol–water partition coefficient (Wildman–Crippen LogP) is 2.81. The Morgan fingerprint density at radius 1 is 1.28 bits per heavy atom. The van der Waals surface area contributed by atoms with Crippen LogP contribution in [0.4, 0.5) is 5.69 Å². The Morgan fingerprint density at radius 3 is 2.61 bits per heavy atom. The van der Waals surface area contributed by atoms with Crippen molar-refractivity contribution in [3.05, 3.63) is 28.8 Å². The van der Waals surface area contributed by atoms with Gasteiger partial charge in [0.2, 0.25) is 0 Å². The van der Waals surface area contributed by atoms with Gasteiger partial charge < -0.3 is 11.1 Å². The molecular weight excluding hydrogens is 224 g/mol. The molecule has 1 amide bonds. The second-order valence-electron chi connectivity index (χ2n) is 5.38. The molecule has 1 saturated carbocycles. The van der Waals surface area contributed by atoms with Gasteiger partial charge in [-0.1, -0.05) is 18.9 Å². The molecule has 0 bridgehead atoms. The number of rotatable bonds is 3. The van der Waals surface area contributed by atoms with Crippen molar-refractivity contribution >= 4 is 11.6 Å². The molecule has 0 aromatic heterocycles. The van der Waals surface area contributed by atoms with Crippen molar-refractivity contribution in [2.45, 2.75) is 39.5 Å². The largest absolute Gasteiger partial charge is 0.398 e. The van der Waals surface area contributed by atoms with Gasteiger partial charge in [-0.3, -0.25) is 4.79 Å². The van der Waals surface area contributed by atoms with Crippen molar-refractivity contribution in [1.29, 1.82) is 0 Å². The molecule has 3 N–H and O–H groups in total. The zero-order valence-electron chi connectivity index (χ0n) is 11.3. The third kappa shape index (κ3) is 2.84. The molecule has 1 aliphatic rings. The lowest BCUT2D eigenvalue weighted by atomic mass is 10.0. The quantitative estimate of drug-likeness (QED) is 0.806. The van der Waals surface area contributed by atoms with Crippen molar-refractivity contribution in [2.75, 3.05) is 12.3 Å². The van der Waals surface area contributed by atoms with Crippen LogP contribution in [0.15, 0.2) is 12.1 Å². The maximum atomic E-state index is 12.1. The van der Waals surface area contributed by atoms with Gasteiger partial charge in [0.05, 0.1) is 0 Å². The molecule has 0 unspecified atom stereocenters. The van der Waals surface area contributed by atoms with Gasteiger partial charge in [-0.2, -0.15) is 0 Å². The van der Waals surface area contributed by atoms with E-state index in [-0.39, 0.29) is 5.91 Å². The van der Waals surface area contributed by atoms with Crippen LogP contribution in [0.1, 0.15) is 47.2 Å². The Morgan fingerprint density at radius 2 is 1.94 bits per heavy atom. The summed E-state index contributed by atoms with van der Waals surface area (Å²) in [6, 6.07) is 3.76. The summed E-state index contributed by atoms with van der Waals surface area (Å²) in [5.41, 5.74) is 9.28. The third-order valence-electron chi connectivity index (χ3n) is 3.88. The first-order valence-corrected chi connectivity index (χ1v) is 6.73. The number of amides is 1. The number of hydrogen-bond donors (Lipinski definition) is 2. The lowest BCUT2D eigenvalue weighted by Crippen LogP contribution is -2.29. The van der Waals surface area contributed by atoms with Gasteiger partial charge in [-0.05, 0) is 49.8 Å². The van der Waals surface area contributed by atoms with E-state index in [1.54, 1.807) is 6.07 Å². The van der Waals surface area contributed by atoms with Crippen LogP contribution in [0.25, 0.3) is 0 Å². The lowest BCUT2D eigenvalue weighted by molar-refractivity contribution is 0.0947. The molecule has 18 heavy (non-hydrogen) atoms. The van der Waals surface area contributed by atoms with E-state index in [9.17, 15) is 4.79 Å². The van der Waals surface area contributed by atoms with Crippen LogP contribution in [0.5, 0.6) is 0 Å². The van der Waals surface area contributed by atoms with Crippen molar-refractivity contribution < 1.29 is 4.79 Å². The van der Waals surface area contributed by atoms with Gasteiger partial charge in [0.1, 0.15) is 0 Å². The summed E-state index contributed by atoms with van der Waals surface area (Å²) < 4.78 is 0. The summed E-state index contributed by atoms with van der Waals surface area (Å²) >= 11 is 0. The number of carbonyl (C=O) groups excluding carboxylic acids is 1. The van der Waals surface area contributed by atoms with E-state index in [0.717, 1.165) is 17.7 Å². The topological polar surface area (TPSA) is 55.1 Å². The molecular formula is C15H22N2O. The average molecular weight is 246 g/mol. The lowest BCUT2D eigenvalue weighted by Gasteiger charge is -2.13. The highest BCUT2D eigenvalue weighted by Crippen LogP contribution is 2.24. The number of anilines is 1. The molecule has 0 atom stereocenters. The van der Waals surface area contributed by atoms with Crippen LogP contribution in [-0.2, 0) is 0 Å². The van der Waals surface area contributed by atoms with E-state index < -0.39 is 0 Å². The molecule has 2 rings (SSSR count). The zero-order chi connectivity index (χ0) is 13.1. The van der Waals surface area contributed by atoms with Crippen LogP contribution in [0.3, 0.4) is 0 Å². The van der Waals surface area contributed by atoms with Crippen molar-refractivity contribution in [2.24, 2.45) is 5.92 Å². The Labute approximate surface area is 109 Å². The summed E-state index contributed by atoms with van der Waals surface area (Å²) in [6.45, 7) is 4.71. The van der Waals surface area contributed by atoms with E-state index in [2.05, 4.69) is 5.32 Å². The first kappa shape index (κ1) is 12.9. The fourth-order valence-electron chi connectivity index (χ4n) is 2.66. The second kappa shape index (κ2) is 5.42. The molecule has 0 saturated heterocycles. The Bertz CT molecular complexity index is 448. The fourth-order valence-corrected chi connectivity index (χ4v) is 2.66. The van der Waals surface area contributed by atoms with E-state index >= 15 is 0 Å². The summed E-state index contributed by atoms with van der Waals surface area (Å²) in [7, 11) is 0. The van der Waals surface area contributed by atoms with Crippen molar-refractivity contribution in [3.8, 4) is 0 Å². The number of hydrogen-bond acceptors (Lipinski definition) is 2. The maximum Gasteiger partial charge on any atom is 0.251 e. The minimum atomic E-state index is 0.00565. The van der Waals surface area contributed by atoms with Crippen LogP contribution in [-0.4, -0.2) is 12.5 Å². The standard InChI is InChI=1S/C15H22N2O/c1-10-7-11(2)14(16)8-13(10)15(18)17-9-12-5-3-4-6-12/h7-8,12H,3-6,9,16H2,1-2H3,(H,17,18). The molecule has 0 radical (unpaired) electrons. The smallest absolute Gasteiger partial charge is 0.251 e. The first-order chi connectivity index (χ1) is 8.58. The highest BCUT2D eigenvalue weighted by atomic mass is 16.1. The molecule has 1 aromatic carbocycles. The van der Waals surface area contributed by atoms with Gasteiger partial charge in [0.25, 0.3) is 5.91 Å². The van der Waals surface area contributed by atoms with Crippen LogP contribution in [0.2, 0.25) is 0 Å². The fraction of sp³-hybridized carbons (Fsp3) is 0.533. The monoisotopic (exact) mass is 246 g/mol. The maximum absolute atomic E-state index is 12.1. The summed E-state index contributed by atoms with van der Waals surface area (Å²) in [5.74, 6) is 0.670. The Balaban J connectivity index is 2.01. The summed E-state index contributed by atoms with van der Waals surface area (Å²) in [5, 5.41) is 3.03. The van der Waals surface area contributed by atoms with Gasteiger partial charge in [-0.15, -0.1) is 0 Å². The summed E-state index contributed by atoms with van der Waals surface area (Å²) in [6.07, 6.45) is 5.10. The number of benzene rings is 1.